The van der Waals surface area contributed by atoms with Gasteiger partial charge in [0.1, 0.15) is 11.2 Å². The molecule has 1 fully saturated rings. The Morgan fingerprint density at radius 1 is 1.32 bits per heavy atom. The third-order valence-electron chi connectivity index (χ3n) is 3.82. The highest BCUT2D eigenvalue weighted by molar-refractivity contribution is 14.1. The summed E-state index contributed by atoms with van der Waals surface area (Å²) in [6.45, 7) is 8.74. The average molecular weight is 461 g/mol. The van der Waals surface area contributed by atoms with Crippen LogP contribution in [0.15, 0.2) is 12.3 Å². The first kappa shape index (κ1) is 19.7. The molecule has 1 saturated heterocycles. The van der Waals surface area contributed by atoms with Gasteiger partial charge in [-0.15, -0.1) is 0 Å². The topological polar surface area (TPSA) is 72.0 Å². The second-order valence-corrected chi connectivity index (χ2v) is 8.11. The van der Waals surface area contributed by atoms with Crippen LogP contribution in [0.4, 0.5) is 4.79 Å². The molecule has 25 heavy (non-hydrogen) atoms. The number of halogens is 1. The lowest BCUT2D eigenvalue weighted by molar-refractivity contribution is 0.00190. The van der Waals surface area contributed by atoms with Crippen molar-refractivity contribution in [3.63, 3.8) is 0 Å². The molecule has 0 aliphatic carbocycles. The first-order chi connectivity index (χ1) is 11.6. The minimum Gasteiger partial charge on any atom is -0.480 e. The number of rotatable bonds is 2. The first-order valence-electron chi connectivity index (χ1n) is 8.11. The molecule has 1 aromatic heterocycles. The van der Waals surface area contributed by atoms with E-state index >= 15 is 0 Å². The van der Waals surface area contributed by atoms with Crippen molar-refractivity contribution in [1.29, 1.82) is 0 Å². The molecule has 7 nitrogen and oxygen atoms in total. The second-order valence-electron chi connectivity index (χ2n) is 6.95. The SMILES string of the molecule is COc1nccc(I)c1C(=O)N1CCN(C(=O)OC(C)(C)C)[C@@H](C)C1. The average Bonchev–Trinajstić information content (AvgIpc) is 2.52. The van der Waals surface area contributed by atoms with Gasteiger partial charge in [-0.2, -0.15) is 0 Å². The molecule has 1 aliphatic rings. The number of amides is 2. The number of hydrogen-bond acceptors (Lipinski definition) is 5. The van der Waals surface area contributed by atoms with Crippen molar-refractivity contribution in [3.8, 4) is 5.88 Å². The maximum atomic E-state index is 12.9. The van der Waals surface area contributed by atoms with E-state index in [4.69, 9.17) is 9.47 Å². The molecular weight excluding hydrogens is 437 g/mol. The van der Waals surface area contributed by atoms with Gasteiger partial charge in [0, 0.05) is 35.4 Å². The van der Waals surface area contributed by atoms with Crippen molar-refractivity contribution >= 4 is 34.6 Å². The van der Waals surface area contributed by atoms with Gasteiger partial charge in [-0.25, -0.2) is 9.78 Å². The number of carbonyl (C=O) groups excluding carboxylic acids is 2. The summed E-state index contributed by atoms with van der Waals surface area (Å²) >= 11 is 2.10. The molecule has 2 rings (SSSR count). The number of hydrogen-bond donors (Lipinski definition) is 0. The summed E-state index contributed by atoms with van der Waals surface area (Å²) < 4.78 is 11.5. The van der Waals surface area contributed by atoms with E-state index in [0.717, 1.165) is 3.57 Å². The monoisotopic (exact) mass is 461 g/mol. The number of piperazine rings is 1. The summed E-state index contributed by atoms with van der Waals surface area (Å²) in [5, 5.41) is 0. The highest BCUT2D eigenvalue weighted by Crippen LogP contribution is 2.24. The lowest BCUT2D eigenvalue weighted by Gasteiger charge is -2.40. The molecule has 2 heterocycles. The van der Waals surface area contributed by atoms with Crippen molar-refractivity contribution < 1.29 is 19.1 Å². The first-order valence-corrected chi connectivity index (χ1v) is 9.19. The smallest absolute Gasteiger partial charge is 0.410 e. The molecule has 1 aromatic rings. The maximum absolute atomic E-state index is 12.9. The minimum absolute atomic E-state index is 0.132. The highest BCUT2D eigenvalue weighted by Gasteiger charge is 2.34. The molecule has 1 aliphatic heterocycles. The fourth-order valence-corrected chi connectivity index (χ4v) is 3.28. The van der Waals surface area contributed by atoms with E-state index in [0.29, 0.717) is 31.1 Å². The van der Waals surface area contributed by atoms with Gasteiger partial charge in [0.25, 0.3) is 5.91 Å². The zero-order chi connectivity index (χ0) is 18.8. The van der Waals surface area contributed by atoms with Gasteiger partial charge in [0.2, 0.25) is 5.88 Å². The van der Waals surface area contributed by atoms with E-state index in [1.54, 1.807) is 22.1 Å². The van der Waals surface area contributed by atoms with Crippen LogP contribution >= 0.6 is 22.6 Å². The molecule has 8 heteroatoms. The molecular formula is C17H24IN3O4. The van der Waals surface area contributed by atoms with Crippen LogP contribution in [-0.4, -0.2) is 65.2 Å². The Balaban J connectivity index is 2.11. The maximum Gasteiger partial charge on any atom is 0.410 e. The second kappa shape index (κ2) is 7.76. The molecule has 138 valence electrons. The molecule has 0 radical (unpaired) electrons. The zero-order valence-electron chi connectivity index (χ0n) is 15.2. The fourth-order valence-electron chi connectivity index (χ4n) is 2.66. The van der Waals surface area contributed by atoms with Crippen molar-refractivity contribution in [2.75, 3.05) is 26.7 Å². The molecule has 0 N–H and O–H groups in total. The number of carbonyl (C=O) groups is 2. The summed E-state index contributed by atoms with van der Waals surface area (Å²) in [5.41, 5.74) is -0.0772. The summed E-state index contributed by atoms with van der Waals surface area (Å²) in [6, 6.07) is 1.64. The van der Waals surface area contributed by atoms with Gasteiger partial charge >= 0.3 is 6.09 Å². The van der Waals surface area contributed by atoms with Gasteiger partial charge in [0.15, 0.2) is 0 Å². The Hall–Kier alpha value is -1.58. The van der Waals surface area contributed by atoms with Crippen LogP contribution in [0.5, 0.6) is 5.88 Å². The van der Waals surface area contributed by atoms with Crippen molar-refractivity contribution in [2.24, 2.45) is 0 Å². The summed E-state index contributed by atoms with van der Waals surface area (Å²) in [5.74, 6) is 0.184. The zero-order valence-corrected chi connectivity index (χ0v) is 17.4. The van der Waals surface area contributed by atoms with E-state index in [9.17, 15) is 9.59 Å². The van der Waals surface area contributed by atoms with E-state index in [1.807, 2.05) is 27.7 Å². The Morgan fingerprint density at radius 3 is 2.56 bits per heavy atom. The van der Waals surface area contributed by atoms with Crippen LogP contribution in [0.2, 0.25) is 0 Å². The molecule has 0 unspecified atom stereocenters. The number of ether oxygens (including phenoxy) is 2. The number of nitrogens with zero attached hydrogens (tertiary/aromatic N) is 3. The van der Waals surface area contributed by atoms with Crippen molar-refractivity contribution in [2.45, 2.75) is 39.3 Å². The number of methoxy groups -OCH3 is 1. The normalized spacial score (nSPS) is 18.1. The standard InChI is InChI=1S/C17H24IN3O4/c1-11-10-20(8-9-21(11)16(23)25-17(2,3)4)15(22)13-12(18)6-7-19-14(13)24-5/h6-7,11H,8-10H2,1-5H3/t11-/m0/s1. The van der Waals surface area contributed by atoms with Crippen LogP contribution in [0.1, 0.15) is 38.1 Å². The van der Waals surface area contributed by atoms with Crippen molar-refractivity contribution in [1.82, 2.24) is 14.8 Å². The molecule has 0 bridgehead atoms. The van der Waals surface area contributed by atoms with Gasteiger partial charge < -0.3 is 19.3 Å². The van der Waals surface area contributed by atoms with Gasteiger partial charge in [-0.05, 0) is 56.4 Å². The Kier molecular flexibility index (Phi) is 6.12. The van der Waals surface area contributed by atoms with Crippen LogP contribution in [0.25, 0.3) is 0 Å². The third kappa shape index (κ3) is 4.74. The van der Waals surface area contributed by atoms with Gasteiger partial charge in [-0.3, -0.25) is 4.79 Å². The Bertz CT molecular complexity index is 660. The molecule has 0 aromatic carbocycles. The van der Waals surface area contributed by atoms with Crippen molar-refractivity contribution in [3.05, 3.63) is 21.4 Å². The van der Waals surface area contributed by atoms with Crippen LogP contribution in [-0.2, 0) is 4.74 Å². The van der Waals surface area contributed by atoms with Crippen LogP contribution < -0.4 is 4.74 Å². The highest BCUT2D eigenvalue weighted by atomic mass is 127. The quantitative estimate of drug-likeness (QED) is 0.634. The molecule has 0 spiro atoms. The predicted octanol–water partition coefficient (Wildman–Crippen LogP) is 2.78. The summed E-state index contributed by atoms with van der Waals surface area (Å²) in [7, 11) is 1.50. The van der Waals surface area contributed by atoms with E-state index in [1.165, 1.54) is 7.11 Å². The lowest BCUT2D eigenvalue weighted by atomic mass is 10.1. The van der Waals surface area contributed by atoms with E-state index in [2.05, 4.69) is 27.6 Å². The molecule has 0 saturated carbocycles. The van der Waals surface area contributed by atoms with Gasteiger partial charge in [-0.1, -0.05) is 0 Å². The summed E-state index contributed by atoms with van der Waals surface area (Å²) in [6.07, 6.45) is 1.26. The third-order valence-corrected chi connectivity index (χ3v) is 4.71. The number of pyridine rings is 1. The predicted molar refractivity (Wildman–Crippen MR) is 102 cm³/mol. The Morgan fingerprint density at radius 2 is 2.00 bits per heavy atom. The van der Waals surface area contributed by atoms with Gasteiger partial charge in [0.05, 0.1) is 7.11 Å². The van der Waals surface area contributed by atoms with E-state index < -0.39 is 5.60 Å². The molecule has 2 amide bonds. The molecule has 1 atom stereocenters. The summed E-state index contributed by atoms with van der Waals surface area (Å²) in [4.78, 5) is 32.7. The minimum atomic E-state index is -0.539. The Labute approximate surface area is 161 Å². The lowest BCUT2D eigenvalue weighted by Crippen LogP contribution is -2.56. The van der Waals surface area contributed by atoms with E-state index in [-0.39, 0.29) is 18.0 Å². The van der Waals surface area contributed by atoms with Crippen LogP contribution in [0, 0.1) is 3.57 Å². The largest absolute Gasteiger partial charge is 0.480 e. The fraction of sp³-hybridized carbons (Fsp3) is 0.588. The number of aromatic nitrogens is 1. The van der Waals surface area contributed by atoms with Crippen LogP contribution in [0.3, 0.4) is 0 Å².